The summed E-state index contributed by atoms with van der Waals surface area (Å²) < 4.78 is 14.3. The smallest absolute Gasteiger partial charge is 0.123 e. The van der Waals surface area contributed by atoms with Crippen molar-refractivity contribution in [2.45, 2.75) is 12.5 Å². The van der Waals surface area contributed by atoms with Gasteiger partial charge in [-0.2, -0.15) is 0 Å². The van der Waals surface area contributed by atoms with Crippen molar-refractivity contribution in [3.63, 3.8) is 0 Å². The van der Waals surface area contributed by atoms with E-state index in [0.717, 1.165) is 15.6 Å². The van der Waals surface area contributed by atoms with E-state index in [-0.39, 0.29) is 11.9 Å². The number of likely N-dealkylation sites (N-methyl/N-ethyl adjacent to an activating group) is 1. The second kappa shape index (κ2) is 6.90. The first kappa shape index (κ1) is 15.8. The van der Waals surface area contributed by atoms with E-state index < -0.39 is 0 Å². The molecule has 0 aliphatic heterocycles. The molecule has 0 radical (unpaired) electrons. The van der Waals surface area contributed by atoms with E-state index in [1.165, 1.54) is 12.1 Å². The monoisotopic (exact) mass is 375 g/mol. The molecular formula is C15H13BrCl2FN. The average molecular weight is 377 g/mol. The van der Waals surface area contributed by atoms with Crippen LogP contribution in [0.25, 0.3) is 0 Å². The van der Waals surface area contributed by atoms with Crippen molar-refractivity contribution in [3.05, 3.63) is 67.9 Å². The van der Waals surface area contributed by atoms with Gasteiger partial charge in [-0.15, -0.1) is 0 Å². The van der Waals surface area contributed by atoms with Gasteiger partial charge in [-0.3, -0.25) is 0 Å². The summed E-state index contributed by atoms with van der Waals surface area (Å²) in [6, 6.07) is 9.95. The van der Waals surface area contributed by atoms with Crippen LogP contribution in [0.15, 0.2) is 40.9 Å². The quantitative estimate of drug-likeness (QED) is 0.753. The number of hydrogen-bond acceptors (Lipinski definition) is 1. The molecule has 0 amide bonds. The minimum atomic E-state index is -0.270. The third-order valence-electron chi connectivity index (χ3n) is 3.15. The summed E-state index contributed by atoms with van der Waals surface area (Å²) in [5.74, 6) is -0.270. The Hall–Kier alpha value is -0.610. The van der Waals surface area contributed by atoms with E-state index in [1.807, 2.05) is 7.05 Å². The van der Waals surface area contributed by atoms with Gasteiger partial charge >= 0.3 is 0 Å². The number of hydrogen-bond donors (Lipinski definition) is 1. The lowest BCUT2D eigenvalue weighted by atomic mass is 9.99. The van der Waals surface area contributed by atoms with Crippen LogP contribution in [0.4, 0.5) is 4.39 Å². The first-order valence-electron chi connectivity index (χ1n) is 6.08. The standard InChI is InChI=1S/C15H13BrCl2FN/c1-20-15(10-7-9(19)5-6-12(10)16)8-11-13(17)3-2-4-14(11)18/h2-7,15,20H,8H2,1H3. The maximum atomic E-state index is 13.4. The molecule has 0 saturated carbocycles. The Morgan fingerprint density at radius 2 is 1.85 bits per heavy atom. The molecule has 2 rings (SSSR count). The molecule has 0 aliphatic carbocycles. The fourth-order valence-electron chi connectivity index (χ4n) is 2.08. The maximum Gasteiger partial charge on any atom is 0.123 e. The summed E-state index contributed by atoms with van der Waals surface area (Å²) in [6.07, 6.45) is 0.580. The van der Waals surface area contributed by atoms with Crippen LogP contribution in [0.1, 0.15) is 17.2 Å². The van der Waals surface area contributed by atoms with Crippen LogP contribution in [0, 0.1) is 5.82 Å². The van der Waals surface area contributed by atoms with Gasteiger partial charge in [0.25, 0.3) is 0 Å². The van der Waals surface area contributed by atoms with E-state index in [2.05, 4.69) is 21.2 Å². The van der Waals surface area contributed by atoms with Gasteiger partial charge in [0.1, 0.15) is 5.82 Å². The molecule has 1 nitrogen and oxygen atoms in total. The predicted molar refractivity (Wildman–Crippen MR) is 86.1 cm³/mol. The van der Waals surface area contributed by atoms with Crippen LogP contribution in [-0.4, -0.2) is 7.05 Å². The summed E-state index contributed by atoms with van der Waals surface area (Å²) in [7, 11) is 1.83. The molecule has 0 bridgehead atoms. The molecule has 2 aromatic rings. The fourth-order valence-corrected chi connectivity index (χ4v) is 3.16. The van der Waals surface area contributed by atoms with Crippen molar-refractivity contribution in [1.82, 2.24) is 5.32 Å². The fraction of sp³-hybridized carbons (Fsp3) is 0.200. The van der Waals surface area contributed by atoms with Gasteiger partial charge in [0.2, 0.25) is 0 Å². The summed E-state index contributed by atoms with van der Waals surface area (Å²) in [4.78, 5) is 0. The molecule has 0 heterocycles. The average Bonchev–Trinajstić information content (AvgIpc) is 2.42. The number of rotatable bonds is 4. The minimum absolute atomic E-state index is 0.0857. The Kier molecular flexibility index (Phi) is 5.44. The highest BCUT2D eigenvalue weighted by molar-refractivity contribution is 9.10. The van der Waals surface area contributed by atoms with Crippen molar-refractivity contribution in [2.75, 3.05) is 7.05 Å². The third kappa shape index (κ3) is 3.53. The van der Waals surface area contributed by atoms with E-state index in [9.17, 15) is 4.39 Å². The molecule has 0 fully saturated rings. The zero-order valence-electron chi connectivity index (χ0n) is 10.8. The van der Waals surface area contributed by atoms with Crippen LogP contribution in [0.3, 0.4) is 0 Å². The molecule has 0 aromatic heterocycles. The van der Waals surface area contributed by atoms with Gasteiger partial charge in [0, 0.05) is 20.6 Å². The number of benzene rings is 2. The Morgan fingerprint density at radius 1 is 1.20 bits per heavy atom. The van der Waals surface area contributed by atoms with Crippen LogP contribution in [0.2, 0.25) is 10.0 Å². The van der Waals surface area contributed by atoms with Crippen molar-refractivity contribution in [1.29, 1.82) is 0 Å². The summed E-state index contributed by atoms with van der Waals surface area (Å²) in [5, 5.41) is 4.41. The SMILES string of the molecule is CNC(Cc1c(Cl)cccc1Cl)c1cc(F)ccc1Br. The molecule has 106 valence electrons. The van der Waals surface area contributed by atoms with Gasteiger partial charge in [-0.05, 0) is 54.9 Å². The first-order chi connectivity index (χ1) is 9.52. The normalized spacial score (nSPS) is 12.4. The number of halogens is 4. The van der Waals surface area contributed by atoms with Crippen molar-refractivity contribution < 1.29 is 4.39 Å². The molecule has 20 heavy (non-hydrogen) atoms. The van der Waals surface area contributed by atoms with Crippen molar-refractivity contribution >= 4 is 39.1 Å². The third-order valence-corrected chi connectivity index (χ3v) is 4.58. The largest absolute Gasteiger partial charge is 0.313 e. The molecule has 1 atom stereocenters. The Labute approximate surface area is 136 Å². The highest BCUT2D eigenvalue weighted by Crippen LogP contribution is 2.32. The molecule has 1 unspecified atom stereocenters. The van der Waals surface area contributed by atoms with E-state index in [1.54, 1.807) is 24.3 Å². The predicted octanol–water partition coefficient (Wildman–Crippen LogP) is 5.40. The minimum Gasteiger partial charge on any atom is -0.313 e. The molecule has 0 spiro atoms. The highest BCUT2D eigenvalue weighted by Gasteiger charge is 2.17. The highest BCUT2D eigenvalue weighted by atomic mass is 79.9. The Morgan fingerprint density at radius 3 is 2.45 bits per heavy atom. The summed E-state index contributed by atoms with van der Waals surface area (Å²) in [5.41, 5.74) is 1.69. The van der Waals surface area contributed by atoms with Gasteiger partial charge in [0.05, 0.1) is 0 Å². The zero-order chi connectivity index (χ0) is 14.7. The lowest BCUT2D eigenvalue weighted by Gasteiger charge is -2.19. The van der Waals surface area contributed by atoms with E-state index in [4.69, 9.17) is 23.2 Å². The maximum absolute atomic E-state index is 13.4. The van der Waals surface area contributed by atoms with Crippen LogP contribution < -0.4 is 5.32 Å². The molecular weight excluding hydrogens is 364 g/mol. The topological polar surface area (TPSA) is 12.0 Å². The van der Waals surface area contributed by atoms with Gasteiger partial charge in [-0.25, -0.2) is 4.39 Å². The van der Waals surface area contributed by atoms with E-state index in [0.29, 0.717) is 16.5 Å². The molecule has 5 heteroatoms. The molecule has 1 N–H and O–H groups in total. The lowest BCUT2D eigenvalue weighted by molar-refractivity contribution is 0.575. The molecule has 2 aromatic carbocycles. The van der Waals surface area contributed by atoms with Gasteiger partial charge in [-0.1, -0.05) is 45.2 Å². The molecule has 0 aliphatic rings. The second-order valence-corrected chi connectivity index (χ2v) is 6.08. The van der Waals surface area contributed by atoms with Crippen molar-refractivity contribution in [2.24, 2.45) is 0 Å². The first-order valence-corrected chi connectivity index (χ1v) is 7.63. The zero-order valence-corrected chi connectivity index (χ0v) is 13.9. The van der Waals surface area contributed by atoms with Crippen LogP contribution in [-0.2, 0) is 6.42 Å². The second-order valence-electron chi connectivity index (χ2n) is 4.41. The van der Waals surface area contributed by atoms with Gasteiger partial charge in [0.15, 0.2) is 0 Å². The summed E-state index contributed by atoms with van der Waals surface area (Å²) >= 11 is 15.8. The van der Waals surface area contributed by atoms with E-state index >= 15 is 0 Å². The lowest BCUT2D eigenvalue weighted by Crippen LogP contribution is -2.20. The Balaban J connectivity index is 2.36. The Bertz CT molecular complexity index is 599. The van der Waals surface area contributed by atoms with Gasteiger partial charge < -0.3 is 5.32 Å². The summed E-state index contributed by atoms with van der Waals surface area (Å²) in [6.45, 7) is 0. The molecule has 0 saturated heterocycles. The number of nitrogens with one attached hydrogen (secondary N) is 1. The van der Waals surface area contributed by atoms with Crippen LogP contribution >= 0.6 is 39.1 Å². The van der Waals surface area contributed by atoms with Crippen molar-refractivity contribution in [3.8, 4) is 0 Å². The van der Waals surface area contributed by atoms with Crippen LogP contribution in [0.5, 0.6) is 0 Å².